The van der Waals surface area contributed by atoms with Crippen molar-refractivity contribution in [2.75, 3.05) is 0 Å². The first kappa shape index (κ1) is 14.2. The van der Waals surface area contributed by atoms with Crippen molar-refractivity contribution in [1.82, 2.24) is 9.55 Å². The Kier molecular flexibility index (Phi) is 3.36. The second-order valence-corrected chi connectivity index (χ2v) is 5.78. The van der Waals surface area contributed by atoms with E-state index in [2.05, 4.69) is 18.5 Å². The first-order valence-corrected chi connectivity index (χ1v) is 7.78. The summed E-state index contributed by atoms with van der Waals surface area (Å²) in [7, 11) is 2.00. The molecule has 0 aliphatic rings. The Morgan fingerprint density at radius 3 is 2.04 bits per heavy atom. The van der Waals surface area contributed by atoms with Gasteiger partial charge in [-0.1, -0.05) is 60.7 Å². The van der Waals surface area contributed by atoms with Gasteiger partial charge in [-0.2, -0.15) is 5.26 Å². The molecule has 2 aromatic carbocycles. The molecule has 0 aliphatic heterocycles. The number of fused-ring (bicyclic) bond motifs is 1. The number of benzene rings is 2. The lowest BCUT2D eigenvalue weighted by Crippen LogP contribution is -1.94. The van der Waals surface area contributed by atoms with Gasteiger partial charge < -0.3 is 4.57 Å². The van der Waals surface area contributed by atoms with Crippen LogP contribution >= 0.6 is 0 Å². The van der Waals surface area contributed by atoms with Crippen molar-refractivity contribution in [3.8, 4) is 28.5 Å². The van der Waals surface area contributed by atoms with Crippen molar-refractivity contribution in [1.29, 1.82) is 5.26 Å². The molecule has 0 atom stereocenters. The second kappa shape index (κ2) is 5.68. The zero-order valence-electron chi connectivity index (χ0n) is 13.3. The lowest BCUT2D eigenvalue weighted by molar-refractivity contribution is 0.933. The quantitative estimate of drug-likeness (QED) is 0.535. The first-order chi connectivity index (χ1) is 11.8. The molecule has 0 saturated carbocycles. The smallest absolute Gasteiger partial charge is 0.149 e. The molecule has 2 heterocycles. The fourth-order valence-electron chi connectivity index (χ4n) is 3.12. The molecule has 2 aromatic heterocycles. The second-order valence-electron chi connectivity index (χ2n) is 5.78. The molecule has 0 aliphatic carbocycles. The minimum Gasteiger partial charge on any atom is -0.356 e. The van der Waals surface area contributed by atoms with E-state index in [-0.39, 0.29) is 0 Å². The lowest BCUT2D eigenvalue weighted by atomic mass is 9.97. The van der Waals surface area contributed by atoms with Crippen LogP contribution in [0.15, 0.2) is 73.1 Å². The SMILES string of the molecule is Cn1cc2c(-c3ccccc3)nc(C#N)c(-c3ccccc3)c2c1. The van der Waals surface area contributed by atoms with Crippen LogP contribution in [0.3, 0.4) is 0 Å². The predicted molar refractivity (Wildman–Crippen MR) is 96.3 cm³/mol. The number of nitriles is 1. The molecule has 0 radical (unpaired) electrons. The Morgan fingerprint density at radius 2 is 1.42 bits per heavy atom. The molecule has 0 unspecified atom stereocenters. The molecular formula is C21H15N3. The van der Waals surface area contributed by atoms with Crippen LogP contribution in [-0.2, 0) is 7.05 Å². The van der Waals surface area contributed by atoms with E-state index in [9.17, 15) is 5.26 Å². The Labute approximate surface area is 140 Å². The van der Waals surface area contributed by atoms with E-state index in [4.69, 9.17) is 4.98 Å². The average Bonchev–Trinajstić information content (AvgIpc) is 3.02. The highest BCUT2D eigenvalue weighted by molar-refractivity contribution is 6.04. The number of rotatable bonds is 2. The number of hydrogen-bond acceptors (Lipinski definition) is 2. The molecule has 114 valence electrons. The summed E-state index contributed by atoms with van der Waals surface area (Å²) in [6, 6.07) is 22.3. The summed E-state index contributed by atoms with van der Waals surface area (Å²) in [5.41, 5.74) is 4.23. The summed E-state index contributed by atoms with van der Waals surface area (Å²) in [5.74, 6) is 0. The summed E-state index contributed by atoms with van der Waals surface area (Å²) in [6.07, 6.45) is 4.13. The lowest BCUT2D eigenvalue weighted by Gasteiger charge is -2.10. The Balaban J connectivity index is 2.11. The monoisotopic (exact) mass is 309 g/mol. The molecule has 0 fully saturated rings. The molecule has 3 nitrogen and oxygen atoms in total. The van der Waals surface area contributed by atoms with E-state index in [1.165, 1.54) is 0 Å². The minimum absolute atomic E-state index is 0.457. The third-order valence-electron chi connectivity index (χ3n) is 4.16. The van der Waals surface area contributed by atoms with Gasteiger partial charge >= 0.3 is 0 Å². The van der Waals surface area contributed by atoms with E-state index in [1.807, 2.05) is 72.3 Å². The van der Waals surface area contributed by atoms with E-state index in [0.717, 1.165) is 33.2 Å². The molecule has 0 saturated heterocycles. The van der Waals surface area contributed by atoms with Gasteiger partial charge in [0.05, 0.1) is 5.69 Å². The van der Waals surface area contributed by atoms with Gasteiger partial charge in [-0.15, -0.1) is 0 Å². The van der Waals surface area contributed by atoms with Gasteiger partial charge in [-0.3, -0.25) is 0 Å². The third-order valence-corrected chi connectivity index (χ3v) is 4.16. The fraction of sp³-hybridized carbons (Fsp3) is 0.0476. The highest BCUT2D eigenvalue weighted by Gasteiger charge is 2.17. The summed E-state index contributed by atoms with van der Waals surface area (Å²) >= 11 is 0. The van der Waals surface area contributed by atoms with E-state index >= 15 is 0 Å². The molecule has 24 heavy (non-hydrogen) atoms. The Hall–Kier alpha value is -3.38. The number of nitrogens with zero attached hydrogens (tertiary/aromatic N) is 3. The van der Waals surface area contributed by atoms with E-state index in [0.29, 0.717) is 5.69 Å². The molecule has 0 bridgehead atoms. The summed E-state index contributed by atoms with van der Waals surface area (Å²) in [5, 5.41) is 11.8. The van der Waals surface area contributed by atoms with Crippen molar-refractivity contribution in [3.05, 3.63) is 78.8 Å². The molecule has 0 amide bonds. The molecule has 0 N–H and O–H groups in total. The topological polar surface area (TPSA) is 41.6 Å². The van der Waals surface area contributed by atoms with Crippen LogP contribution in [0.2, 0.25) is 0 Å². The van der Waals surface area contributed by atoms with Gasteiger partial charge in [0, 0.05) is 41.3 Å². The van der Waals surface area contributed by atoms with Gasteiger partial charge in [0.15, 0.2) is 0 Å². The van der Waals surface area contributed by atoms with Crippen molar-refractivity contribution in [2.24, 2.45) is 7.05 Å². The van der Waals surface area contributed by atoms with Crippen LogP contribution in [0.5, 0.6) is 0 Å². The zero-order valence-corrected chi connectivity index (χ0v) is 13.3. The summed E-state index contributed by atoms with van der Waals surface area (Å²) in [6.45, 7) is 0. The molecule has 0 spiro atoms. The maximum absolute atomic E-state index is 9.70. The highest BCUT2D eigenvalue weighted by atomic mass is 14.9. The first-order valence-electron chi connectivity index (χ1n) is 7.78. The maximum Gasteiger partial charge on any atom is 0.149 e. The van der Waals surface area contributed by atoms with Crippen molar-refractivity contribution in [2.45, 2.75) is 0 Å². The van der Waals surface area contributed by atoms with Crippen LogP contribution in [0.1, 0.15) is 5.69 Å². The van der Waals surface area contributed by atoms with Gasteiger partial charge in [-0.05, 0) is 5.56 Å². The largest absolute Gasteiger partial charge is 0.356 e. The van der Waals surface area contributed by atoms with Crippen LogP contribution in [0.25, 0.3) is 33.2 Å². The predicted octanol–water partition coefficient (Wildman–Crippen LogP) is 4.78. The van der Waals surface area contributed by atoms with Crippen molar-refractivity contribution in [3.63, 3.8) is 0 Å². The average molecular weight is 309 g/mol. The maximum atomic E-state index is 9.70. The minimum atomic E-state index is 0.457. The van der Waals surface area contributed by atoms with Gasteiger partial charge in [-0.25, -0.2) is 4.98 Å². The normalized spacial score (nSPS) is 10.7. The van der Waals surface area contributed by atoms with E-state index < -0.39 is 0 Å². The summed E-state index contributed by atoms with van der Waals surface area (Å²) < 4.78 is 2.02. The number of aryl methyl sites for hydroxylation is 1. The van der Waals surface area contributed by atoms with Crippen LogP contribution in [0, 0.1) is 11.3 Å². The van der Waals surface area contributed by atoms with Crippen molar-refractivity contribution >= 4 is 10.8 Å². The third kappa shape index (κ3) is 2.26. The van der Waals surface area contributed by atoms with E-state index in [1.54, 1.807) is 0 Å². The molecular weight excluding hydrogens is 294 g/mol. The highest BCUT2D eigenvalue weighted by Crippen LogP contribution is 2.36. The number of aromatic nitrogens is 2. The van der Waals surface area contributed by atoms with Gasteiger partial charge in [0.25, 0.3) is 0 Å². The molecule has 4 aromatic rings. The number of hydrogen-bond donors (Lipinski definition) is 0. The molecule has 4 rings (SSSR count). The van der Waals surface area contributed by atoms with Crippen LogP contribution < -0.4 is 0 Å². The summed E-state index contributed by atoms with van der Waals surface area (Å²) in [4.78, 5) is 4.70. The van der Waals surface area contributed by atoms with Gasteiger partial charge in [0.1, 0.15) is 11.8 Å². The van der Waals surface area contributed by atoms with Gasteiger partial charge in [0.2, 0.25) is 0 Å². The van der Waals surface area contributed by atoms with Crippen molar-refractivity contribution < 1.29 is 0 Å². The fourth-order valence-corrected chi connectivity index (χ4v) is 3.12. The zero-order chi connectivity index (χ0) is 16.5. The Morgan fingerprint density at radius 1 is 0.833 bits per heavy atom. The van der Waals surface area contributed by atoms with Crippen LogP contribution in [-0.4, -0.2) is 9.55 Å². The molecule has 3 heteroatoms. The van der Waals surface area contributed by atoms with Crippen LogP contribution in [0.4, 0.5) is 0 Å². The number of pyridine rings is 1. The standard InChI is InChI=1S/C21H15N3/c1-24-13-17-18(14-24)21(16-10-6-3-7-11-16)23-19(12-22)20(17)15-8-4-2-5-9-15/h2-11,13-14H,1H3. The Bertz CT molecular complexity index is 1060.